The molecule has 0 fully saturated rings. The predicted molar refractivity (Wildman–Crippen MR) is 91.5 cm³/mol. The first-order valence-corrected chi connectivity index (χ1v) is 7.63. The summed E-state index contributed by atoms with van der Waals surface area (Å²) < 4.78 is 4.86. The van der Waals surface area contributed by atoms with Crippen LogP contribution in [0.4, 0.5) is 0 Å². The van der Waals surface area contributed by atoms with E-state index in [1.165, 1.54) is 14.0 Å². The molecular formula is C19H21NO4. The Morgan fingerprint density at radius 3 is 2.08 bits per heavy atom. The Kier molecular flexibility index (Phi) is 5.36. The fourth-order valence-corrected chi connectivity index (χ4v) is 2.29. The Labute approximate surface area is 141 Å². The van der Waals surface area contributed by atoms with Crippen LogP contribution in [-0.2, 0) is 14.3 Å². The molecule has 0 heterocycles. The number of carboxylic acid groups (broad SMARTS) is 1. The van der Waals surface area contributed by atoms with Gasteiger partial charge >= 0.3 is 5.97 Å². The summed E-state index contributed by atoms with van der Waals surface area (Å²) in [6.45, 7) is 3.03. The van der Waals surface area contributed by atoms with Gasteiger partial charge in [0.15, 0.2) is 0 Å². The maximum Gasteiger partial charge on any atom is 0.345 e. The monoisotopic (exact) mass is 327 g/mol. The second kappa shape index (κ2) is 7.27. The summed E-state index contributed by atoms with van der Waals surface area (Å²) in [6.07, 6.45) is 0. The number of amides is 1. The number of benzene rings is 2. The topological polar surface area (TPSA) is 75.6 Å². The van der Waals surface area contributed by atoms with Crippen molar-refractivity contribution in [1.29, 1.82) is 0 Å². The van der Waals surface area contributed by atoms with E-state index in [9.17, 15) is 9.59 Å². The molecule has 0 saturated carbocycles. The molecular weight excluding hydrogens is 306 g/mol. The molecule has 126 valence electrons. The van der Waals surface area contributed by atoms with Gasteiger partial charge in [0.2, 0.25) is 5.60 Å². The van der Waals surface area contributed by atoms with Gasteiger partial charge in [-0.05, 0) is 30.5 Å². The summed E-state index contributed by atoms with van der Waals surface area (Å²) in [4.78, 5) is 23.4. The quantitative estimate of drug-likeness (QED) is 0.800. The van der Waals surface area contributed by atoms with Crippen LogP contribution in [0.1, 0.15) is 25.5 Å². The third-order valence-electron chi connectivity index (χ3n) is 4.12. The lowest BCUT2D eigenvalue weighted by atomic mass is 10.0. The van der Waals surface area contributed by atoms with Gasteiger partial charge in [-0.2, -0.15) is 0 Å². The lowest BCUT2D eigenvalue weighted by molar-refractivity contribution is -0.168. The van der Waals surface area contributed by atoms with Crippen molar-refractivity contribution in [1.82, 2.24) is 5.32 Å². The second-order valence-corrected chi connectivity index (χ2v) is 5.73. The van der Waals surface area contributed by atoms with Crippen LogP contribution in [0.2, 0.25) is 0 Å². The molecule has 0 bridgehead atoms. The highest BCUT2D eigenvalue weighted by molar-refractivity contribution is 6.05. The van der Waals surface area contributed by atoms with Crippen LogP contribution in [0.3, 0.4) is 0 Å². The number of carbonyl (C=O) groups is 2. The number of hydrogen-bond donors (Lipinski definition) is 2. The molecule has 2 atom stereocenters. The summed E-state index contributed by atoms with van der Waals surface area (Å²) in [5.74, 6) is -2.01. The van der Waals surface area contributed by atoms with Crippen LogP contribution < -0.4 is 5.32 Å². The maximum absolute atomic E-state index is 12.2. The molecule has 2 unspecified atom stereocenters. The van der Waals surface area contributed by atoms with E-state index in [-0.39, 0.29) is 6.04 Å². The number of rotatable bonds is 6. The van der Waals surface area contributed by atoms with Crippen LogP contribution in [0, 0.1) is 0 Å². The number of aliphatic carboxylic acids is 1. The lowest BCUT2D eigenvalue weighted by Crippen LogP contribution is -2.52. The molecule has 0 saturated heterocycles. The molecule has 0 radical (unpaired) electrons. The molecule has 0 aromatic heterocycles. The molecule has 0 aliphatic rings. The summed E-state index contributed by atoms with van der Waals surface area (Å²) in [5.41, 5.74) is 1.16. The van der Waals surface area contributed by atoms with Crippen molar-refractivity contribution in [2.75, 3.05) is 7.11 Å². The second-order valence-electron chi connectivity index (χ2n) is 5.73. The van der Waals surface area contributed by atoms with Gasteiger partial charge in [-0.1, -0.05) is 54.6 Å². The molecule has 2 aromatic carbocycles. The van der Waals surface area contributed by atoms with Crippen LogP contribution in [0.25, 0.3) is 11.1 Å². The zero-order chi connectivity index (χ0) is 17.7. The van der Waals surface area contributed by atoms with Gasteiger partial charge in [0, 0.05) is 7.11 Å². The summed E-state index contributed by atoms with van der Waals surface area (Å²) in [5, 5.41) is 11.8. The average Bonchev–Trinajstić information content (AvgIpc) is 2.61. The fraction of sp³-hybridized carbons (Fsp3) is 0.263. The minimum absolute atomic E-state index is 0.337. The normalized spacial score (nSPS) is 14.5. The Hall–Kier alpha value is -2.66. The zero-order valence-corrected chi connectivity index (χ0v) is 13.9. The molecule has 2 N–H and O–H groups in total. The smallest absolute Gasteiger partial charge is 0.345 e. The summed E-state index contributed by atoms with van der Waals surface area (Å²) in [6, 6.07) is 17.4. The molecule has 2 rings (SSSR count). The minimum Gasteiger partial charge on any atom is -0.479 e. The van der Waals surface area contributed by atoms with E-state index in [2.05, 4.69) is 5.32 Å². The van der Waals surface area contributed by atoms with E-state index in [1.807, 2.05) is 54.6 Å². The first kappa shape index (κ1) is 17.7. The molecule has 0 aliphatic heterocycles. The van der Waals surface area contributed by atoms with Crippen molar-refractivity contribution >= 4 is 11.9 Å². The van der Waals surface area contributed by atoms with E-state index in [0.717, 1.165) is 16.7 Å². The average molecular weight is 327 g/mol. The van der Waals surface area contributed by atoms with Gasteiger partial charge in [0.1, 0.15) is 0 Å². The van der Waals surface area contributed by atoms with Gasteiger partial charge < -0.3 is 15.2 Å². The van der Waals surface area contributed by atoms with E-state index >= 15 is 0 Å². The first-order chi connectivity index (χ1) is 11.4. The lowest BCUT2D eigenvalue weighted by Gasteiger charge is -2.24. The maximum atomic E-state index is 12.2. The van der Waals surface area contributed by atoms with Crippen LogP contribution in [0.5, 0.6) is 0 Å². The largest absolute Gasteiger partial charge is 0.479 e. The highest BCUT2D eigenvalue weighted by atomic mass is 16.5. The van der Waals surface area contributed by atoms with Crippen LogP contribution in [0.15, 0.2) is 54.6 Å². The SMILES string of the molecule is COC(C)(C(=O)O)C(=O)NC(C)c1ccc(-c2ccccc2)cc1. The zero-order valence-electron chi connectivity index (χ0n) is 13.9. The van der Waals surface area contributed by atoms with Gasteiger partial charge in [-0.25, -0.2) is 4.79 Å². The molecule has 1 amide bonds. The molecule has 0 spiro atoms. The predicted octanol–water partition coefficient (Wildman–Crippen LogP) is 3.02. The van der Waals surface area contributed by atoms with Gasteiger partial charge in [0.05, 0.1) is 6.04 Å². The van der Waals surface area contributed by atoms with E-state index in [4.69, 9.17) is 9.84 Å². The third kappa shape index (κ3) is 3.63. The van der Waals surface area contributed by atoms with E-state index in [1.54, 1.807) is 6.92 Å². The highest BCUT2D eigenvalue weighted by Gasteiger charge is 2.42. The number of carboxylic acids is 1. The molecule has 5 nitrogen and oxygen atoms in total. The van der Waals surface area contributed by atoms with Crippen LogP contribution >= 0.6 is 0 Å². The Bertz CT molecular complexity index is 712. The number of ether oxygens (including phenoxy) is 1. The highest BCUT2D eigenvalue weighted by Crippen LogP contribution is 2.22. The van der Waals surface area contributed by atoms with Crippen molar-refractivity contribution in [2.24, 2.45) is 0 Å². The van der Waals surface area contributed by atoms with Gasteiger partial charge in [0.25, 0.3) is 5.91 Å². The van der Waals surface area contributed by atoms with Crippen molar-refractivity contribution in [3.8, 4) is 11.1 Å². The van der Waals surface area contributed by atoms with Crippen molar-refractivity contribution in [3.63, 3.8) is 0 Å². The molecule has 0 aliphatic carbocycles. The Morgan fingerprint density at radius 2 is 1.58 bits per heavy atom. The first-order valence-electron chi connectivity index (χ1n) is 7.63. The van der Waals surface area contributed by atoms with Gasteiger partial charge in [-0.15, -0.1) is 0 Å². The van der Waals surface area contributed by atoms with E-state index in [0.29, 0.717) is 0 Å². The Balaban J connectivity index is 2.12. The van der Waals surface area contributed by atoms with E-state index < -0.39 is 17.5 Å². The number of hydrogen-bond acceptors (Lipinski definition) is 3. The summed E-state index contributed by atoms with van der Waals surface area (Å²) in [7, 11) is 1.20. The third-order valence-corrected chi connectivity index (χ3v) is 4.12. The van der Waals surface area contributed by atoms with Gasteiger partial charge in [-0.3, -0.25) is 4.79 Å². The number of methoxy groups -OCH3 is 1. The molecule has 24 heavy (non-hydrogen) atoms. The Morgan fingerprint density at radius 1 is 1.04 bits per heavy atom. The van der Waals surface area contributed by atoms with Crippen molar-refractivity contribution in [3.05, 3.63) is 60.2 Å². The minimum atomic E-state index is -1.90. The van der Waals surface area contributed by atoms with Crippen molar-refractivity contribution < 1.29 is 19.4 Å². The summed E-state index contributed by atoms with van der Waals surface area (Å²) >= 11 is 0. The standard InChI is InChI=1S/C19H21NO4/c1-13(20-17(21)19(2,24-3)18(22)23)14-9-11-16(12-10-14)15-7-5-4-6-8-15/h4-13H,1-3H3,(H,20,21)(H,22,23). The fourth-order valence-electron chi connectivity index (χ4n) is 2.29. The number of nitrogens with one attached hydrogen (secondary N) is 1. The molecule has 2 aromatic rings. The van der Waals surface area contributed by atoms with Crippen molar-refractivity contribution in [2.45, 2.75) is 25.5 Å². The number of carbonyl (C=O) groups excluding carboxylic acids is 1. The van der Waals surface area contributed by atoms with Crippen LogP contribution in [-0.4, -0.2) is 29.7 Å². The molecule has 5 heteroatoms.